The van der Waals surface area contributed by atoms with Crippen LogP contribution in [0.1, 0.15) is 26.7 Å². The van der Waals surface area contributed by atoms with Gasteiger partial charge < -0.3 is 21.9 Å². The van der Waals surface area contributed by atoms with Crippen molar-refractivity contribution in [2.45, 2.75) is 38.3 Å². The molecule has 0 spiro atoms. The number of hydrogen-bond acceptors (Lipinski definition) is 4. The maximum Gasteiger partial charge on any atom is 0.326 e. The number of nitrogens with two attached hydrogens (primary N) is 2. The first-order valence-corrected chi connectivity index (χ1v) is 4.71. The Bertz CT molecular complexity index is 296. The van der Waals surface area contributed by atoms with E-state index >= 15 is 0 Å². The summed E-state index contributed by atoms with van der Waals surface area (Å²) in [4.78, 5) is 32.6. The van der Waals surface area contributed by atoms with E-state index in [0.29, 0.717) is 0 Å². The summed E-state index contributed by atoms with van der Waals surface area (Å²) >= 11 is 0. The lowest BCUT2D eigenvalue weighted by Gasteiger charge is -2.19. The number of carbonyl (C=O) groups excluding carboxylic acids is 2. The van der Waals surface area contributed by atoms with Gasteiger partial charge in [-0.05, 0) is 13.8 Å². The van der Waals surface area contributed by atoms with E-state index in [9.17, 15) is 14.4 Å². The van der Waals surface area contributed by atoms with Gasteiger partial charge in [-0.3, -0.25) is 9.59 Å². The minimum absolute atomic E-state index is 0.0322. The smallest absolute Gasteiger partial charge is 0.326 e. The number of primary amides is 1. The molecule has 16 heavy (non-hydrogen) atoms. The van der Waals surface area contributed by atoms with Crippen molar-refractivity contribution in [1.29, 1.82) is 0 Å². The average molecular weight is 231 g/mol. The van der Waals surface area contributed by atoms with E-state index in [1.807, 2.05) is 0 Å². The minimum atomic E-state index is -1.30. The first-order chi connectivity index (χ1) is 7.11. The van der Waals surface area contributed by atoms with Gasteiger partial charge in [0.1, 0.15) is 6.04 Å². The Labute approximate surface area is 93.2 Å². The van der Waals surface area contributed by atoms with Crippen molar-refractivity contribution in [3.63, 3.8) is 0 Å². The first kappa shape index (κ1) is 14.4. The van der Waals surface area contributed by atoms with E-state index in [0.717, 1.165) is 0 Å². The van der Waals surface area contributed by atoms with Gasteiger partial charge >= 0.3 is 5.97 Å². The predicted molar refractivity (Wildman–Crippen MR) is 56.3 cm³/mol. The van der Waals surface area contributed by atoms with E-state index < -0.39 is 35.8 Å². The van der Waals surface area contributed by atoms with Crippen LogP contribution in [0.4, 0.5) is 0 Å². The standard InChI is InChI=1S/C9H17N3O4/c1-9(2,11)4-7(14)12-5(8(15)16)3-6(10)13/h5H,3-4,11H2,1-2H3,(H2,10,13)(H,12,14)(H,15,16)/t5-/m0/s1. The number of amides is 2. The van der Waals surface area contributed by atoms with Crippen molar-refractivity contribution in [2.24, 2.45) is 11.5 Å². The van der Waals surface area contributed by atoms with Gasteiger partial charge in [-0.25, -0.2) is 4.79 Å². The fourth-order valence-corrected chi connectivity index (χ4v) is 1.06. The molecule has 0 rings (SSSR count). The van der Waals surface area contributed by atoms with Crippen LogP contribution in [-0.4, -0.2) is 34.5 Å². The minimum Gasteiger partial charge on any atom is -0.480 e. The summed E-state index contributed by atoms with van der Waals surface area (Å²) < 4.78 is 0. The van der Waals surface area contributed by atoms with Gasteiger partial charge in [-0.1, -0.05) is 0 Å². The van der Waals surface area contributed by atoms with Crippen LogP contribution in [0.25, 0.3) is 0 Å². The van der Waals surface area contributed by atoms with Gasteiger partial charge in [0.15, 0.2) is 0 Å². The van der Waals surface area contributed by atoms with Gasteiger partial charge in [0.25, 0.3) is 0 Å². The first-order valence-electron chi connectivity index (χ1n) is 4.71. The second-order valence-electron chi connectivity index (χ2n) is 4.29. The predicted octanol–water partition coefficient (Wildman–Crippen LogP) is -1.44. The molecule has 0 radical (unpaired) electrons. The van der Waals surface area contributed by atoms with Crippen molar-refractivity contribution >= 4 is 17.8 Å². The summed E-state index contributed by atoms with van der Waals surface area (Å²) in [6.07, 6.45) is -0.471. The fraction of sp³-hybridized carbons (Fsp3) is 0.667. The van der Waals surface area contributed by atoms with Crippen molar-refractivity contribution in [3.05, 3.63) is 0 Å². The van der Waals surface area contributed by atoms with E-state index in [1.165, 1.54) is 0 Å². The van der Waals surface area contributed by atoms with Crippen LogP contribution >= 0.6 is 0 Å². The normalized spacial score (nSPS) is 12.9. The van der Waals surface area contributed by atoms with Crippen LogP contribution in [0.5, 0.6) is 0 Å². The molecular formula is C9H17N3O4. The van der Waals surface area contributed by atoms with Crippen LogP contribution in [0.3, 0.4) is 0 Å². The molecule has 1 atom stereocenters. The average Bonchev–Trinajstić information content (AvgIpc) is 1.97. The zero-order valence-corrected chi connectivity index (χ0v) is 9.32. The van der Waals surface area contributed by atoms with Crippen molar-refractivity contribution in [1.82, 2.24) is 5.32 Å². The summed E-state index contributed by atoms with van der Waals surface area (Å²) in [5.74, 6) is -2.62. The van der Waals surface area contributed by atoms with Gasteiger partial charge in [0, 0.05) is 12.0 Å². The molecule has 0 heterocycles. The fourth-order valence-electron chi connectivity index (χ4n) is 1.06. The lowest BCUT2D eigenvalue weighted by molar-refractivity contribution is -0.143. The summed E-state index contributed by atoms with van der Waals surface area (Å²) in [6.45, 7) is 3.27. The molecule has 0 saturated carbocycles. The molecule has 0 aromatic rings. The lowest BCUT2D eigenvalue weighted by Crippen LogP contribution is -2.46. The highest BCUT2D eigenvalue weighted by Crippen LogP contribution is 2.03. The second kappa shape index (κ2) is 5.45. The molecule has 0 unspecified atom stereocenters. The van der Waals surface area contributed by atoms with E-state index in [4.69, 9.17) is 16.6 Å². The van der Waals surface area contributed by atoms with Gasteiger partial charge in [0.2, 0.25) is 11.8 Å². The maximum absolute atomic E-state index is 11.3. The van der Waals surface area contributed by atoms with Crippen LogP contribution in [-0.2, 0) is 14.4 Å². The molecule has 0 aromatic heterocycles. The summed E-state index contributed by atoms with van der Waals surface area (Å²) in [5.41, 5.74) is 9.71. The zero-order valence-electron chi connectivity index (χ0n) is 9.32. The zero-order chi connectivity index (χ0) is 12.9. The topological polar surface area (TPSA) is 136 Å². The number of aliphatic carboxylic acids is 1. The van der Waals surface area contributed by atoms with Crippen LogP contribution in [0.2, 0.25) is 0 Å². The molecule has 0 bridgehead atoms. The highest BCUT2D eigenvalue weighted by atomic mass is 16.4. The molecule has 0 fully saturated rings. The Morgan fingerprint density at radius 2 is 1.88 bits per heavy atom. The van der Waals surface area contributed by atoms with Gasteiger partial charge in [-0.15, -0.1) is 0 Å². The quantitative estimate of drug-likeness (QED) is 0.444. The molecule has 7 heteroatoms. The van der Waals surface area contributed by atoms with Crippen LogP contribution < -0.4 is 16.8 Å². The Hall–Kier alpha value is -1.63. The van der Waals surface area contributed by atoms with Gasteiger partial charge in [0.05, 0.1) is 6.42 Å². The number of carbonyl (C=O) groups is 3. The number of rotatable bonds is 6. The summed E-state index contributed by atoms with van der Waals surface area (Å²) in [6, 6.07) is -1.30. The largest absolute Gasteiger partial charge is 0.480 e. The Morgan fingerprint density at radius 1 is 1.38 bits per heavy atom. The molecule has 0 aliphatic carbocycles. The molecule has 92 valence electrons. The SMILES string of the molecule is CC(C)(N)CC(=O)N[C@@H](CC(N)=O)C(=O)O. The monoisotopic (exact) mass is 231 g/mol. The molecule has 6 N–H and O–H groups in total. The van der Waals surface area contributed by atoms with Crippen molar-refractivity contribution < 1.29 is 19.5 Å². The molecule has 2 amide bonds. The van der Waals surface area contributed by atoms with Crippen LogP contribution in [0.15, 0.2) is 0 Å². The van der Waals surface area contributed by atoms with Crippen molar-refractivity contribution in [2.75, 3.05) is 0 Å². The Kier molecular flexibility index (Phi) is 4.90. The molecule has 0 aliphatic rings. The number of carboxylic acids is 1. The Balaban J connectivity index is 4.35. The third-order valence-corrected chi connectivity index (χ3v) is 1.65. The molecule has 0 aliphatic heterocycles. The second-order valence-corrected chi connectivity index (χ2v) is 4.29. The highest BCUT2D eigenvalue weighted by molar-refractivity contribution is 5.88. The van der Waals surface area contributed by atoms with E-state index in [2.05, 4.69) is 5.32 Å². The Morgan fingerprint density at radius 3 is 2.19 bits per heavy atom. The summed E-state index contributed by atoms with van der Waals surface area (Å²) in [7, 11) is 0. The maximum atomic E-state index is 11.3. The van der Waals surface area contributed by atoms with Crippen molar-refractivity contribution in [3.8, 4) is 0 Å². The lowest BCUT2D eigenvalue weighted by atomic mass is 10.0. The molecule has 7 nitrogen and oxygen atoms in total. The number of carboxylic acid groups (broad SMARTS) is 1. The third-order valence-electron chi connectivity index (χ3n) is 1.65. The summed E-state index contributed by atoms with van der Waals surface area (Å²) in [5, 5.41) is 10.9. The number of nitrogens with one attached hydrogen (secondary N) is 1. The van der Waals surface area contributed by atoms with Gasteiger partial charge in [-0.2, -0.15) is 0 Å². The molecule has 0 saturated heterocycles. The molecular weight excluding hydrogens is 214 g/mol. The molecule has 0 aromatic carbocycles. The van der Waals surface area contributed by atoms with Crippen LogP contribution in [0, 0.1) is 0 Å². The van der Waals surface area contributed by atoms with E-state index in [1.54, 1.807) is 13.8 Å². The van der Waals surface area contributed by atoms with E-state index in [-0.39, 0.29) is 6.42 Å². The highest BCUT2D eigenvalue weighted by Gasteiger charge is 2.24. The number of hydrogen-bond donors (Lipinski definition) is 4. The third kappa shape index (κ3) is 6.77.